The summed E-state index contributed by atoms with van der Waals surface area (Å²) in [5, 5.41) is 0. The van der Waals surface area contributed by atoms with E-state index in [2.05, 4.69) is 113 Å². The Morgan fingerprint density at radius 2 is 0.660 bits per heavy atom. The maximum absolute atomic E-state index is 2.99. The first-order valence-corrected chi connectivity index (χ1v) is 16.2. The zero-order valence-electron chi connectivity index (χ0n) is 30.0. The number of aryl methyl sites for hydroxylation is 4. The maximum atomic E-state index is 2.99. The summed E-state index contributed by atoms with van der Waals surface area (Å²) in [6.45, 7) is 8.23. The van der Waals surface area contributed by atoms with Gasteiger partial charge in [-0.05, 0) is 0 Å². The number of hydrogen-bond donors (Lipinski definition) is 0. The van der Waals surface area contributed by atoms with Crippen LogP contribution < -0.4 is 0 Å². The molecule has 50 heavy (non-hydrogen) atoms. The van der Waals surface area contributed by atoms with Gasteiger partial charge in [0.15, 0.2) is 0 Å². The Labute approximate surface area is 343 Å². The van der Waals surface area contributed by atoms with E-state index in [0.717, 1.165) is 25.7 Å². The van der Waals surface area contributed by atoms with Crippen molar-refractivity contribution < 1.29 is 52.4 Å². The standard InChI is InChI=1S/4C7H7.4C5H5.2Zr/c4*1-7-5-3-2-4-6-7;4*1-2-4-5-3-1;;/h2*3-6H,1H3;2*2-3,5-6H,1H3;4*1-3H,4H2;;/q8*-1;2*+4. The van der Waals surface area contributed by atoms with Gasteiger partial charge >= 0.3 is 52.4 Å². The van der Waals surface area contributed by atoms with Crippen LogP contribution in [0.1, 0.15) is 47.9 Å². The van der Waals surface area contributed by atoms with Crippen LogP contribution in [0.4, 0.5) is 0 Å². The minimum atomic E-state index is 0. The normalized spacial score (nSPS) is 11.9. The molecule has 4 aromatic rings. The van der Waals surface area contributed by atoms with Crippen molar-refractivity contribution in [2.75, 3.05) is 0 Å². The van der Waals surface area contributed by atoms with E-state index in [0.29, 0.717) is 0 Å². The van der Waals surface area contributed by atoms with Crippen LogP contribution in [0.15, 0.2) is 170 Å². The van der Waals surface area contributed by atoms with E-state index in [1.165, 1.54) is 22.3 Å². The molecule has 4 aliphatic carbocycles. The average Bonchev–Trinajstić information content (AvgIpc) is 3.98. The fraction of sp³-hybridized carbons (Fsp3) is 0.167. The Balaban J connectivity index is 0. The Morgan fingerprint density at radius 1 is 0.360 bits per heavy atom. The predicted molar refractivity (Wildman–Crippen MR) is 206 cm³/mol. The molecule has 0 saturated heterocycles. The Bertz CT molecular complexity index is 1230. The second-order valence-corrected chi connectivity index (χ2v) is 10.3. The summed E-state index contributed by atoms with van der Waals surface area (Å²) in [4.78, 5) is 0. The van der Waals surface area contributed by atoms with E-state index < -0.39 is 0 Å². The summed E-state index contributed by atoms with van der Waals surface area (Å²) >= 11 is 0. The molecular weight excluding hydrogens is 759 g/mol. The molecule has 0 spiro atoms. The molecule has 4 aliphatic rings. The van der Waals surface area contributed by atoms with Gasteiger partial charge in [-0.1, -0.05) is 27.7 Å². The van der Waals surface area contributed by atoms with E-state index in [9.17, 15) is 0 Å². The van der Waals surface area contributed by atoms with Crippen molar-refractivity contribution in [2.24, 2.45) is 0 Å². The third kappa shape index (κ3) is 35.9. The van der Waals surface area contributed by atoms with E-state index in [-0.39, 0.29) is 52.4 Å². The van der Waals surface area contributed by atoms with Crippen molar-refractivity contribution in [3.63, 3.8) is 0 Å². The fourth-order valence-corrected chi connectivity index (χ4v) is 3.27. The first-order chi connectivity index (χ1) is 23.6. The summed E-state index contributed by atoms with van der Waals surface area (Å²) in [6, 6.07) is 43.3. The van der Waals surface area contributed by atoms with E-state index in [1.54, 1.807) is 0 Å². The molecule has 8 rings (SSSR count). The molecule has 0 saturated carbocycles. The van der Waals surface area contributed by atoms with Crippen LogP contribution in [0.2, 0.25) is 0 Å². The monoisotopic (exact) mass is 804 g/mol. The molecule has 2 heteroatoms. The van der Waals surface area contributed by atoms with Crippen molar-refractivity contribution in [2.45, 2.75) is 53.4 Å². The molecule has 0 aromatic heterocycles. The van der Waals surface area contributed by atoms with Crippen molar-refractivity contribution in [3.05, 3.63) is 241 Å². The summed E-state index contributed by atoms with van der Waals surface area (Å²) < 4.78 is 0. The predicted octanol–water partition coefficient (Wildman–Crippen LogP) is 12.4. The molecule has 0 radical (unpaired) electrons. The minimum absolute atomic E-state index is 0. The first kappa shape index (κ1) is 48.7. The van der Waals surface area contributed by atoms with Gasteiger partial charge in [-0.25, -0.2) is 48.6 Å². The minimum Gasteiger partial charge on any atom is -0.273 e. The molecule has 0 N–H and O–H groups in total. The van der Waals surface area contributed by atoms with Gasteiger partial charge in [0, 0.05) is 0 Å². The van der Waals surface area contributed by atoms with Gasteiger partial charge in [-0.15, -0.1) is 25.7 Å². The Kier molecular flexibility index (Phi) is 37.4. The van der Waals surface area contributed by atoms with Gasteiger partial charge < -0.3 is 0 Å². The average molecular weight is 807 g/mol. The summed E-state index contributed by atoms with van der Waals surface area (Å²) in [5.74, 6) is 0. The number of hydrogen-bond acceptors (Lipinski definition) is 0. The summed E-state index contributed by atoms with van der Waals surface area (Å²) in [7, 11) is 0. The van der Waals surface area contributed by atoms with Gasteiger partial charge in [0.05, 0.1) is 0 Å². The zero-order valence-corrected chi connectivity index (χ0v) is 34.9. The van der Waals surface area contributed by atoms with Gasteiger partial charge in [0.25, 0.3) is 0 Å². The van der Waals surface area contributed by atoms with Crippen molar-refractivity contribution in [3.8, 4) is 0 Å². The zero-order chi connectivity index (χ0) is 34.6. The van der Waals surface area contributed by atoms with Crippen LogP contribution in [0, 0.1) is 76.3 Å². The van der Waals surface area contributed by atoms with Gasteiger partial charge in [-0.3, -0.25) is 24.3 Å². The van der Waals surface area contributed by atoms with Crippen LogP contribution in [-0.2, 0) is 52.4 Å². The molecule has 0 heterocycles. The second kappa shape index (κ2) is 38.4. The quantitative estimate of drug-likeness (QED) is 0.155. The third-order valence-corrected chi connectivity index (χ3v) is 5.84. The van der Waals surface area contributed by atoms with Crippen LogP contribution >= 0.6 is 0 Å². The van der Waals surface area contributed by atoms with Crippen molar-refractivity contribution in [1.29, 1.82) is 0 Å². The molecule has 0 bridgehead atoms. The maximum Gasteiger partial charge on any atom is 4.00 e. The van der Waals surface area contributed by atoms with Crippen molar-refractivity contribution >= 4 is 0 Å². The summed E-state index contributed by atoms with van der Waals surface area (Å²) in [6.07, 6.45) is 40.0. The summed E-state index contributed by atoms with van der Waals surface area (Å²) in [5.41, 5.74) is 5.11. The molecule has 0 atom stereocenters. The van der Waals surface area contributed by atoms with Gasteiger partial charge in [0.2, 0.25) is 0 Å². The number of rotatable bonds is 0. The molecule has 248 valence electrons. The molecule has 0 unspecified atom stereocenters. The van der Waals surface area contributed by atoms with Crippen LogP contribution in [0.5, 0.6) is 0 Å². The van der Waals surface area contributed by atoms with E-state index in [4.69, 9.17) is 0 Å². The molecular formula is C48H48Zr2. The SMILES string of the molecule is Cc1c[c-]ccc1.Cc1c[c-]ccc1.Cc1cc[c-]cc1.Cc1cc[c-]cc1.[C-]1=CC=CC1.[C-]1=CC=CC1.[C-]1=CC=CC1.[C-]1=CC=CC1.[Zr+4].[Zr+4]. The van der Waals surface area contributed by atoms with Gasteiger partial charge in [0.1, 0.15) is 0 Å². The Morgan fingerprint density at radius 3 is 0.760 bits per heavy atom. The number of allylic oxidation sites excluding steroid dienone is 16. The fourth-order valence-electron chi connectivity index (χ4n) is 3.27. The number of benzene rings is 4. The largest absolute Gasteiger partial charge is 4.00 e. The molecule has 4 aromatic carbocycles. The smallest absolute Gasteiger partial charge is 0.273 e. The topological polar surface area (TPSA) is 0 Å². The van der Waals surface area contributed by atoms with Gasteiger partial charge in [-0.2, -0.15) is 168 Å². The second-order valence-electron chi connectivity index (χ2n) is 10.3. The van der Waals surface area contributed by atoms with E-state index in [1.807, 2.05) is 134 Å². The van der Waals surface area contributed by atoms with Crippen LogP contribution in [-0.4, -0.2) is 0 Å². The van der Waals surface area contributed by atoms with Crippen molar-refractivity contribution in [1.82, 2.24) is 0 Å². The molecule has 0 nitrogen and oxygen atoms in total. The third-order valence-electron chi connectivity index (χ3n) is 5.84. The molecule has 0 aliphatic heterocycles. The van der Waals surface area contributed by atoms with Crippen LogP contribution in [0.3, 0.4) is 0 Å². The molecule has 0 amide bonds. The Hall–Kier alpha value is -3.43. The molecule has 0 fully saturated rings. The van der Waals surface area contributed by atoms with Crippen LogP contribution in [0.25, 0.3) is 0 Å². The first-order valence-electron chi connectivity index (χ1n) is 16.2. The van der Waals surface area contributed by atoms with E-state index >= 15 is 0 Å².